The molecule has 3 heterocycles. The van der Waals surface area contributed by atoms with Crippen LogP contribution in [0.3, 0.4) is 0 Å². The molecule has 0 unspecified atom stereocenters. The Labute approximate surface area is 151 Å². The van der Waals surface area contributed by atoms with Crippen molar-refractivity contribution in [3.05, 3.63) is 47.8 Å². The number of sulfone groups is 1. The molecular formula is C17H20N4O4S. The van der Waals surface area contributed by atoms with Gasteiger partial charge in [-0.2, -0.15) is 5.10 Å². The maximum absolute atomic E-state index is 12.9. The van der Waals surface area contributed by atoms with E-state index >= 15 is 0 Å². The third-order valence-corrected chi connectivity index (χ3v) is 6.43. The molecule has 1 fully saturated rings. The molecule has 4 rings (SSSR count). The molecule has 2 atom stereocenters. The summed E-state index contributed by atoms with van der Waals surface area (Å²) in [6.45, 7) is 0.526. The molecule has 2 aromatic rings. The van der Waals surface area contributed by atoms with Crippen molar-refractivity contribution in [1.82, 2.24) is 20.0 Å². The van der Waals surface area contributed by atoms with E-state index in [1.807, 2.05) is 24.3 Å². The number of nitrogens with one attached hydrogen (secondary N) is 1. The fourth-order valence-corrected chi connectivity index (χ4v) is 4.95. The van der Waals surface area contributed by atoms with Crippen LogP contribution in [0.15, 0.2) is 36.7 Å². The van der Waals surface area contributed by atoms with E-state index < -0.39 is 15.9 Å². The Bertz CT molecular complexity index is 940. The first kappa shape index (κ1) is 16.9. The number of aryl methyl sites for hydroxylation is 1. The maximum atomic E-state index is 12.9. The Hall–Kier alpha value is -2.55. The van der Waals surface area contributed by atoms with Gasteiger partial charge in [0.2, 0.25) is 0 Å². The number of amides is 2. The van der Waals surface area contributed by atoms with Gasteiger partial charge in [-0.25, -0.2) is 13.2 Å². The lowest BCUT2D eigenvalue weighted by Gasteiger charge is -2.35. The van der Waals surface area contributed by atoms with Crippen molar-refractivity contribution in [1.29, 1.82) is 0 Å². The highest BCUT2D eigenvalue weighted by atomic mass is 32.2. The zero-order chi connectivity index (χ0) is 18.3. The second-order valence-electron chi connectivity index (χ2n) is 6.62. The Morgan fingerprint density at radius 2 is 2.15 bits per heavy atom. The topological polar surface area (TPSA) is 93.5 Å². The Balaban J connectivity index is 1.56. The highest BCUT2D eigenvalue weighted by Gasteiger charge is 2.37. The fourth-order valence-electron chi connectivity index (χ4n) is 3.45. The number of carbonyl (C=O) groups excluding carboxylic acids is 1. The number of fused-ring (bicyclic) bond motifs is 1. The molecule has 1 N–H and O–H groups in total. The molecule has 1 saturated heterocycles. The summed E-state index contributed by atoms with van der Waals surface area (Å²) >= 11 is 0. The molecule has 26 heavy (non-hydrogen) atoms. The number of nitrogens with zero attached hydrogens (tertiary/aromatic N) is 3. The van der Waals surface area contributed by atoms with Gasteiger partial charge in [-0.15, -0.1) is 0 Å². The van der Waals surface area contributed by atoms with Crippen LogP contribution in [-0.2, 0) is 16.9 Å². The van der Waals surface area contributed by atoms with Gasteiger partial charge in [0, 0.05) is 30.9 Å². The van der Waals surface area contributed by atoms with Gasteiger partial charge in [-0.05, 0) is 6.07 Å². The number of rotatable bonds is 2. The van der Waals surface area contributed by atoms with Crippen LogP contribution in [0.2, 0.25) is 0 Å². The molecule has 2 amide bonds. The molecule has 9 heteroatoms. The number of hydrogen-bond acceptors (Lipinski definition) is 5. The normalized spacial score (nSPS) is 24.0. The number of benzene rings is 1. The molecule has 2 aliphatic rings. The molecule has 1 aromatic carbocycles. The standard InChI is InChI=1S/C17H20N4O4S/c1-20-9-12(8-18-20)15-11-26(23,24)7-6-21(15)17(22)19-14-10-25-16-5-3-2-4-13(14)16/h2-5,8-9,14-15H,6-7,10-11H2,1H3,(H,19,22)/t14-,15+/m1/s1. The second-order valence-corrected chi connectivity index (χ2v) is 8.85. The van der Waals surface area contributed by atoms with Crippen LogP contribution in [0.25, 0.3) is 0 Å². The number of hydrogen-bond donors (Lipinski definition) is 1. The lowest BCUT2D eigenvalue weighted by atomic mass is 10.1. The quantitative estimate of drug-likeness (QED) is 0.845. The Kier molecular flexibility index (Phi) is 4.10. The average Bonchev–Trinajstić information content (AvgIpc) is 3.21. The molecule has 0 radical (unpaired) electrons. The molecule has 2 aliphatic heterocycles. The average molecular weight is 376 g/mol. The zero-order valence-corrected chi connectivity index (χ0v) is 15.1. The molecule has 138 valence electrons. The van der Waals surface area contributed by atoms with Crippen LogP contribution >= 0.6 is 0 Å². The van der Waals surface area contributed by atoms with Crippen molar-refractivity contribution in [2.24, 2.45) is 7.05 Å². The highest BCUT2D eigenvalue weighted by Crippen LogP contribution is 2.33. The van der Waals surface area contributed by atoms with E-state index in [2.05, 4.69) is 10.4 Å². The van der Waals surface area contributed by atoms with Crippen molar-refractivity contribution in [2.75, 3.05) is 24.7 Å². The van der Waals surface area contributed by atoms with E-state index in [9.17, 15) is 13.2 Å². The number of ether oxygens (including phenoxy) is 1. The summed E-state index contributed by atoms with van der Waals surface area (Å²) in [7, 11) is -1.43. The monoisotopic (exact) mass is 376 g/mol. The summed E-state index contributed by atoms with van der Waals surface area (Å²) in [5, 5.41) is 7.09. The number of para-hydroxylation sites is 1. The van der Waals surface area contributed by atoms with E-state index in [1.165, 1.54) is 0 Å². The van der Waals surface area contributed by atoms with Gasteiger partial charge < -0.3 is 15.0 Å². The van der Waals surface area contributed by atoms with Crippen LogP contribution in [-0.4, -0.2) is 53.8 Å². The van der Waals surface area contributed by atoms with Gasteiger partial charge in [-0.1, -0.05) is 18.2 Å². The minimum atomic E-state index is -3.20. The molecular weight excluding hydrogens is 356 g/mol. The van der Waals surface area contributed by atoms with Crippen molar-refractivity contribution >= 4 is 15.9 Å². The van der Waals surface area contributed by atoms with Gasteiger partial charge in [0.25, 0.3) is 0 Å². The van der Waals surface area contributed by atoms with Crippen LogP contribution in [0, 0.1) is 0 Å². The zero-order valence-electron chi connectivity index (χ0n) is 14.3. The molecule has 0 saturated carbocycles. The lowest BCUT2D eigenvalue weighted by Crippen LogP contribution is -2.50. The summed E-state index contributed by atoms with van der Waals surface area (Å²) < 4.78 is 31.4. The van der Waals surface area contributed by atoms with Crippen molar-refractivity contribution in [2.45, 2.75) is 12.1 Å². The second kappa shape index (κ2) is 6.31. The van der Waals surface area contributed by atoms with Gasteiger partial charge in [0.1, 0.15) is 12.4 Å². The summed E-state index contributed by atoms with van der Waals surface area (Å²) in [5.74, 6) is 0.640. The Morgan fingerprint density at radius 3 is 2.92 bits per heavy atom. The molecule has 0 bridgehead atoms. The Morgan fingerprint density at radius 1 is 1.35 bits per heavy atom. The first-order valence-corrected chi connectivity index (χ1v) is 10.2. The molecule has 1 aromatic heterocycles. The first-order valence-electron chi connectivity index (χ1n) is 8.41. The number of urea groups is 1. The minimum Gasteiger partial charge on any atom is -0.491 e. The summed E-state index contributed by atoms with van der Waals surface area (Å²) in [6, 6.07) is 6.50. The first-order chi connectivity index (χ1) is 12.4. The van der Waals surface area contributed by atoms with Crippen LogP contribution in [0.4, 0.5) is 4.79 Å². The largest absolute Gasteiger partial charge is 0.491 e. The van der Waals surface area contributed by atoms with Gasteiger partial charge in [0.15, 0.2) is 9.84 Å². The van der Waals surface area contributed by atoms with Gasteiger partial charge in [-0.3, -0.25) is 4.68 Å². The third-order valence-electron chi connectivity index (χ3n) is 4.80. The van der Waals surface area contributed by atoms with Gasteiger partial charge >= 0.3 is 6.03 Å². The predicted molar refractivity (Wildman–Crippen MR) is 94.5 cm³/mol. The van der Waals surface area contributed by atoms with Gasteiger partial charge in [0.05, 0.1) is 29.8 Å². The number of aromatic nitrogens is 2. The molecule has 0 spiro atoms. The van der Waals surface area contributed by atoms with E-state index in [-0.39, 0.29) is 30.1 Å². The number of carbonyl (C=O) groups is 1. The summed E-state index contributed by atoms with van der Waals surface area (Å²) in [4.78, 5) is 14.5. The molecule has 0 aliphatic carbocycles. The van der Waals surface area contributed by atoms with Crippen molar-refractivity contribution in [3.8, 4) is 5.75 Å². The SMILES string of the molecule is Cn1cc([C@@H]2CS(=O)(=O)CCN2C(=O)N[C@@H]2COc3ccccc32)cn1. The van der Waals surface area contributed by atoms with Crippen molar-refractivity contribution in [3.63, 3.8) is 0 Å². The van der Waals surface area contributed by atoms with E-state index in [0.29, 0.717) is 12.2 Å². The molecule has 8 nitrogen and oxygen atoms in total. The van der Waals surface area contributed by atoms with Crippen LogP contribution in [0.5, 0.6) is 5.75 Å². The lowest BCUT2D eigenvalue weighted by molar-refractivity contribution is 0.174. The fraction of sp³-hybridized carbons (Fsp3) is 0.412. The highest BCUT2D eigenvalue weighted by molar-refractivity contribution is 7.91. The smallest absolute Gasteiger partial charge is 0.318 e. The van der Waals surface area contributed by atoms with Crippen LogP contribution < -0.4 is 10.1 Å². The van der Waals surface area contributed by atoms with Crippen molar-refractivity contribution < 1.29 is 17.9 Å². The van der Waals surface area contributed by atoms with E-state index in [1.54, 1.807) is 29.0 Å². The van der Waals surface area contributed by atoms with E-state index in [4.69, 9.17) is 4.74 Å². The third kappa shape index (κ3) is 3.14. The summed E-state index contributed by atoms with van der Waals surface area (Å²) in [6.07, 6.45) is 3.36. The predicted octanol–water partition coefficient (Wildman–Crippen LogP) is 1.03. The minimum absolute atomic E-state index is 0.0328. The van der Waals surface area contributed by atoms with E-state index in [0.717, 1.165) is 11.3 Å². The summed E-state index contributed by atoms with van der Waals surface area (Å²) in [5.41, 5.74) is 1.65. The maximum Gasteiger partial charge on any atom is 0.318 e. The van der Waals surface area contributed by atoms with Crippen LogP contribution in [0.1, 0.15) is 23.2 Å².